The highest BCUT2D eigenvalue weighted by atomic mass is 16.4. The second-order valence-electron chi connectivity index (χ2n) is 2.68. The van der Waals surface area contributed by atoms with Crippen molar-refractivity contribution in [3.05, 3.63) is 0 Å². The molecule has 0 aromatic heterocycles. The number of carbonyl (C=O) groups is 3. The van der Waals surface area contributed by atoms with Gasteiger partial charge in [0.05, 0.1) is 6.42 Å². The number of hydrogen-bond donors (Lipinski definition) is 2. The largest absolute Gasteiger partial charge is 0.481 e. The van der Waals surface area contributed by atoms with Crippen molar-refractivity contribution >= 4 is 17.5 Å². The summed E-state index contributed by atoms with van der Waals surface area (Å²) in [4.78, 5) is 31.7. The molecule has 0 radical (unpaired) electrons. The first-order valence-electron chi connectivity index (χ1n) is 3.91. The molecule has 0 rings (SSSR count). The van der Waals surface area contributed by atoms with Gasteiger partial charge in [-0.15, -0.1) is 0 Å². The van der Waals surface area contributed by atoms with Gasteiger partial charge in [0.2, 0.25) is 0 Å². The minimum absolute atomic E-state index is 0.235. The van der Waals surface area contributed by atoms with Crippen LogP contribution in [-0.2, 0) is 14.4 Å². The maximum absolute atomic E-state index is 10.9. The van der Waals surface area contributed by atoms with Crippen LogP contribution in [0, 0.1) is 0 Å². The van der Waals surface area contributed by atoms with Gasteiger partial charge in [0.1, 0.15) is 12.5 Å². The lowest BCUT2D eigenvalue weighted by Gasteiger charge is -2.04. The maximum Gasteiger partial charge on any atom is 0.310 e. The molecule has 13 heavy (non-hydrogen) atoms. The summed E-state index contributed by atoms with van der Waals surface area (Å²) in [6.07, 6.45) is -2.08. The van der Waals surface area contributed by atoms with Gasteiger partial charge in [0.15, 0.2) is 11.6 Å². The van der Waals surface area contributed by atoms with Gasteiger partial charge in [-0.1, -0.05) is 6.92 Å². The van der Waals surface area contributed by atoms with Crippen molar-refractivity contribution in [2.24, 2.45) is 0 Å². The molecule has 0 aliphatic heterocycles. The molecule has 0 saturated heterocycles. The molecule has 0 heterocycles. The lowest BCUT2D eigenvalue weighted by atomic mass is 10.1. The zero-order valence-corrected chi connectivity index (χ0v) is 7.32. The fourth-order valence-corrected chi connectivity index (χ4v) is 0.771. The number of carboxylic acids is 1. The molecule has 0 aromatic rings. The Morgan fingerprint density at radius 2 is 1.77 bits per heavy atom. The van der Waals surface area contributed by atoms with Gasteiger partial charge in [-0.05, 0) is 6.42 Å². The van der Waals surface area contributed by atoms with Crippen molar-refractivity contribution in [3.63, 3.8) is 0 Å². The molecule has 5 heteroatoms. The monoisotopic (exact) mass is 188 g/mol. The first-order chi connectivity index (χ1) is 5.97. The van der Waals surface area contributed by atoms with Crippen molar-refractivity contribution in [3.8, 4) is 0 Å². The number of rotatable bonds is 6. The first-order valence-corrected chi connectivity index (χ1v) is 3.91. The third-order valence-corrected chi connectivity index (χ3v) is 1.48. The zero-order valence-electron chi connectivity index (χ0n) is 7.32. The zero-order chi connectivity index (χ0) is 10.4. The van der Waals surface area contributed by atoms with Gasteiger partial charge in [-0.3, -0.25) is 14.4 Å². The summed E-state index contributed by atoms with van der Waals surface area (Å²) in [6.45, 7) is 1.60. The van der Waals surface area contributed by atoms with E-state index in [1.165, 1.54) is 0 Å². The summed E-state index contributed by atoms with van der Waals surface area (Å²) in [5.41, 5.74) is 0. The summed E-state index contributed by atoms with van der Waals surface area (Å²) in [5.74, 6) is -2.55. The van der Waals surface area contributed by atoms with Crippen molar-refractivity contribution in [1.29, 1.82) is 0 Å². The Bertz CT molecular complexity index is 221. The Kier molecular flexibility index (Phi) is 4.91. The van der Waals surface area contributed by atoms with Crippen LogP contribution in [0.2, 0.25) is 0 Å². The number of Topliss-reactive ketones (excluding diaryl/α,β-unsaturated/α-hetero) is 2. The van der Waals surface area contributed by atoms with Crippen molar-refractivity contribution < 1.29 is 24.6 Å². The van der Waals surface area contributed by atoms with Crippen molar-refractivity contribution in [2.75, 3.05) is 0 Å². The number of carbonyl (C=O) groups excluding carboxylic acids is 2. The molecule has 1 atom stereocenters. The van der Waals surface area contributed by atoms with Crippen LogP contribution in [0.25, 0.3) is 0 Å². The van der Waals surface area contributed by atoms with Gasteiger partial charge in [0.25, 0.3) is 0 Å². The Hall–Kier alpha value is -1.23. The van der Waals surface area contributed by atoms with Crippen LogP contribution in [0.5, 0.6) is 0 Å². The fourth-order valence-electron chi connectivity index (χ4n) is 0.771. The quantitative estimate of drug-likeness (QED) is 0.561. The van der Waals surface area contributed by atoms with Crippen LogP contribution >= 0.6 is 0 Å². The van der Waals surface area contributed by atoms with E-state index in [9.17, 15) is 14.4 Å². The molecule has 0 bridgehead atoms. The van der Waals surface area contributed by atoms with Crippen molar-refractivity contribution in [2.45, 2.75) is 32.3 Å². The topological polar surface area (TPSA) is 91.7 Å². The predicted molar refractivity (Wildman–Crippen MR) is 43.2 cm³/mol. The van der Waals surface area contributed by atoms with E-state index in [1.807, 2.05) is 0 Å². The molecule has 0 spiro atoms. The predicted octanol–water partition coefficient (Wildman–Crippen LogP) is -0.240. The van der Waals surface area contributed by atoms with Gasteiger partial charge >= 0.3 is 5.97 Å². The third-order valence-electron chi connectivity index (χ3n) is 1.48. The molecule has 0 saturated carbocycles. The van der Waals surface area contributed by atoms with E-state index in [1.54, 1.807) is 6.92 Å². The number of aliphatic carboxylic acids is 1. The van der Waals surface area contributed by atoms with E-state index in [4.69, 9.17) is 10.2 Å². The van der Waals surface area contributed by atoms with Crippen LogP contribution in [0.15, 0.2) is 0 Å². The third kappa shape index (κ3) is 5.08. The molecule has 74 valence electrons. The summed E-state index contributed by atoms with van der Waals surface area (Å²) >= 11 is 0. The Morgan fingerprint density at radius 1 is 1.23 bits per heavy atom. The Morgan fingerprint density at radius 3 is 2.15 bits per heavy atom. The molecule has 0 aliphatic carbocycles. The van der Waals surface area contributed by atoms with E-state index >= 15 is 0 Å². The van der Waals surface area contributed by atoms with E-state index in [0.29, 0.717) is 0 Å². The Balaban J connectivity index is 3.92. The molecule has 0 aromatic carbocycles. The second-order valence-corrected chi connectivity index (χ2v) is 2.68. The van der Waals surface area contributed by atoms with Gasteiger partial charge < -0.3 is 10.2 Å². The summed E-state index contributed by atoms with van der Waals surface area (Å²) < 4.78 is 0. The van der Waals surface area contributed by atoms with Crippen LogP contribution in [0.1, 0.15) is 26.2 Å². The number of aliphatic hydroxyl groups is 1. The number of ketones is 2. The molecule has 0 aliphatic rings. The maximum atomic E-state index is 10.9. The van der Waals surface area contributed by atoms with Crippen LogP contribution in [0.4, 0.5) is 0 Å². The fraction of sp³-hybridized carbons (Fsp3) is 0.625. The molecule has 0 fully saturated rings. The average molecular weight is 188 g/mol. The van der Waals surface area contributed by atoms with Gasteiger partial charge in [-0.25, -0.2) is 0 Å². The molecular formula is C8H12O5. The molecular weight excluding hydrogens is 176 g/mol. The molecule has 5 nitrogen and oxygen atoms in total. The second kappa shape index (κ2) is 5.42. The summed E-state index contributed by atoms with van der Waals surface area (Å²) in [6, 6.07) is 0. The number of hydrogen-bond acceptors (Lipinski definition) is 4. The first kappa shape index (κ1) is 11.8. The average Bonchev–Trinajstić information content (AvgIpc) is 2.01. The normalized spacial score (nSPS) is 12.2. The number of aliphatic hydroxyl groups excluding tert-OH is 1. The molecule has 0 unspecified atom stereocenters. The molecule has 2 N–H and O–H groups in total. The minimum Gasteiger partial charge on any atom is -0.481 e. The highest BCUT2D eigenvalue weighted by Crippen LogP contribution is 1.99. The lowest BCUT2D eigenvalue weighted by molar-refractivity contribution is -0.141. The highest BCUT2D eigenvalue weighted by molar-refractivity contribution is 6.06. The van der Waals surface area contributed by atoms with Crippen LogP contribution < -0.4 is 0 Å². The van der Waals surface area contributed by atoms with E-state index < -0.39 is 36.5 Å². The van der Waals surface area contributed by atoms with Crippen LogP contribution in [0.3, 0.4) is 0 Å². The number of carboxylic acid groups (broad SMARTS) is 1. The smallest absolute Gasteiger partial charge is 0.310 e. The molecule has 0 amide bonds. The van der Waals surface area contributed by atoms with Gasteiger partial charge in [-0.2, -0.15) is 0 Å². The van der Waals surface area contributed by atoms with Crippen LogP contribution in [-0.4, -0.2) is 33.9 Å². The Labute approximate surface area is 75.4 Å². The highest BCUT2D eigenvalue weighted by Gasteiger charge is 2.18. The lowest BCUT2D eigenvalue weighted by Crippen LogP contribution is -2.23. The SMILES string of the molecule is CC[C@@H](O)C(=O)CC(=O)CC(=O)O. The summed E-state index contributed by atoms with van der Waals surface area (Å²) in [5, 5.41) is 17.2. The van der Waals surface area contributed by atoms with Gasteiger partial charge in [0, 0.05) is 0 Å². The standard InChI is InChI=1S/C8H12O5/c1-2-6(10)7(11)3-5(9)4-8(12)13/h6,10H,2-4H2,1H3,(H,12,13)/t6-/m1/s1. The minimum atomic E-state index is -1.26. The van der Waals surface area contributed by atoms with Crippen molar-refractivity contribution in [1.82, 2.24) is 0 Å². The summed E-state index contributed by atoms with van der Waals surface area (Å²) in [7, 11) is 0. The van der Waals surface area contributed by atoms with E-state index in [2.05, 4.69) is 0 Å². The van der Waals surface area contributed by atoms with E-state index in [-0.39, 0.29) is 6.42 Å². The van der Waals surface area contributed by atoms with E-state index in [0.717, 1.165) is 0 Å².